The number of hydrogen-bond acceptors (Lipinski definition) is 2. The number of aliphatic hydroxyl groups is 1. The molecule has 0 spiro atoms. The molecule has 1 N–H and O–H groups in total. The van der Waals surface area contributed by atoms with E-state index < -0.39 is 5.60 Å². The standard InChI is InChI=1S/C15H21ClO2/c1-3-18-12-9-11(2)14(13(16)10-12)15(17)7-5-4-6-8-15/h9-10,17H,3-8H2,1-2H3. The van der Waals surface area contributed by atoms with Crippen LogP contribution < -0.4 is 4.74 Å². The van der Waals surface area contributed by atoms with Crippen molar-refractivity contribution in [1.82, 2.24) is 0 Å². The third-order valence-corrected chi connectivity index (χ3v) is 4.02. The van der Waals surface area contributed by atoms with E-state index in [1.54, 1.807) is 0 Å². The molecule has 2 nitrogen and oxygen atoms in total. The topological polar surface area (TPSA) is 29.5 Å². The van der Waals surface area contributed by atoms with Crippen LogP contribution >= 0.6 is 11.6 Å². The molecule has 1 aromatic carbocycles. The van der Waals surface area contributed by atoms with E-state index in [1.165, 1.54) is 6.42 Å². The minimum absolute atomic E-state index is 0.624. The Hall–Kier alpha value is -0.730. The molecule has 0 heterocycles. The van der Waals surface area contributed by atoms with E-state index in [0.29, 0.717) is 11.6 Å². The van der Waals surface area contributed by atoms with E-state index in [4.69, 9.17) is 16.3 Å². The molecule has 100 valence electrons. The van der Waals surface area contributed by atoms with E-state index in [2.05, 4.69) is 0 Å². The van der Waals surface area contributed by atoms with Crippen molar-refractivity contribution in [2.75, 3.05) is 6.61 Å². The third kappa shape index (κ3) is 2.65. The van der Waals surface area contributed by atoms with Crippen molar-refractivity contribution in [3.63, 3.8) is 0 Å². The maximum absolute atomic E-state index is 10.8. The predicted molar refractivity (Wildman–Crippen MR) is 74.3 cm³/mol. The van der Waals surface area contributed by atoms with Crippen molar-refractivity contribution >= 4 is 11.6 Å². The summed E-state index contributed by atoms with van der Waals surface area (Å²) in [6.45, 7) is 4.57. The van der Waals surface area contributed by atoms with Gasteiger partial charge in [0.1, 0.15) is 5.75 Å². The molecule has 1 aromatic rings. The first-order valence-corrected chi connectivity index (χ1v) is 7.10. The lowest BCUT2D eigenvalue weighted by Crippen LogP contribution is -2.29. The highest BCUT2D eigenvalue weighted by molar-refractivity contribution is 6.31. The molecule has 0 amide bonds. The van der Waals surface area contributed by atoms with Crippen molar-refractivity contribution in [2.45, 2.75) is 51.6 Å². The lowest BCUT2D eigenvalue weighted by atomic mass is 9.78. The maximum atomic E-state index is 10.8. The van der Waals surface area contributed by atoms with Crippen LogP contribution in [0.1, 0.15) is 50.2 Å². The Balaban J connectivity index is 2.38. The van der Waals surface area contributed by atoms with Crippen LogP contribution in [0.4, 0.5) is 0 Å². The number of rotatable bonds is 3. The molecule has 0 atom stereocenters. The molecule has 0 aromatic heterocycles. The molecule has 1 saturated carbocycles. The summed E-state index contributed by atoms with van der Waals surface area (Å²) < 4.78 is 5.48. The van der Waals surface area contributed by atoms with Crippen LogP contribution in [-0.2, 0) is 5.60 Å². The maximum Gasteiger partial charge on any atom is 0.121 e. The lowest BCUT2D eigenvalue weighted by molar-refractivity contribution is -0.00111. The Labute approximate surface area is 114 Å². The van der Waals surface area contributed by atoms with Gasteiger partial charge in [-0.05, 0) is 44.4 Å². The van der Waals surface area contributed by atoms with Gasteiger partial charge in [-0.2, -0.15) is 0 Å². The molecular weight excluding hydrogens is 248 g/mol. The van der Waals surface area contributed by atoms with Crippen LogP contribution in [0.3, 0.4) is 0 Å². The number of hydrogen-bond donors (Lipinski definition) is 1. The summed E-state index contributed by atoms with van der Waals surface area (Å²) in [6, 6.07) is 3.79. The van der Waals surface area contributed by atoms with Crippen molar-refractivity contribution in [3.8, 4) is 5.75 Å². The predicted octanol–water partition coefficient (Wildman–Crippen LogP) is 4.20. The van der Waals surface area contributed by atoms with Gasteiger partial charge in [0.05, 0.1) is 17.2 Å². The van der Waals surface area contributed by atoms with Crippen molar-refractivity contribution in [3.05, 3.63) is 28.3 Å². The minimum Gasteiger partial charge on any atom is -0.494 e. The lowest BCUT2D eigenvalue weighted by Gasteiger charge is -2.34. The van der Waals surface area contributed by atoms with Gasteiger partial charge in [0.15, 0.2) is 0 Å². The monoisotopic (exact) mass is 268 g/mol. The third-order valence-electron chi connectivity index (χ3n) is 3.72. The van der Waals surface area contributed by atoms with Crippen LogP contribution in [0.15, 0.2) is 12.1 Å². The number of aryl methyl sites for hydroxylation is 1. The second-order valence-electron chi connectivity index (χ2n) is 5.12. The summed E-state index contributed by atoms with van der Waals surface area (Å²) in [4.78, 5) is 0. The molecule has 1 fully saturated rings. The Morgan fingerprint density at radius 1 is 1.28 bits per heavy atom. The molecule has 0 unspecified atom stereocenters. The van der Waals surface area contributed by atoms with Gasteiger partial charge in [-0.3, -0.25) is 0 Å². The fraction of sp³-hybridized carbons (Fsp3) is 0.600. The SMILES string of the molecule is CCOc1cc(C)c(C2(O)CCCCC2)c(Cl)c1. The van der Waals surface area contributed by atoms with Crippen LogP contribution in [0.5, 0.6) is 5.75 Å². The van der Waals surface area contributed by atoms with E-state index in [-0.39, 0.29) is 0 Å². The zero-order valence-electron chi connectivity index (χ0n) is 11.1. The van der Waals surface area contributed by atoms with Crippen LogP contribution in [0.25, 0.3) is 0 Å². The van der Waals surface area contributed by atoms with E-state index in [9.17, 15) is 5.11 Å². The van der Waals surface area contributed by atoms with Crippen molar-refractivity contribution < 1.29 is 9.84 Å². The summed E-state index contributed by atoms with van der Waals surface area (Å²) in [6.07, 6.45) is 4.96. The summed E-state index contributed by atoms with van der Waals surface area (Å²) >= 11 is 6.35. The molecule has 1 aliphatic carbocycles. The van der Waals surface area contributed by atoms with E-state index in [0.717, 1.165) is 42.6 Å². The zero-order chi connectivity index (χ0) is 13.2. The normalized spacial score (nSPS) is 18.7. The summed E-state index contributed by atoms with van der Waals surface area (Å²) in [7, 11) is 0. The van der Waals surface area contributed by atoms with Gasteiger partial charge in [-0.25, -0.2) is 0 Å². The quantitative estimate of drug-likeness (QED) is 0.890. The first-order chi connectivity index (χ1) is 8.57. The van der Waals surface area contributed by atoms with Gasteiger partial charge in [0.2, 0.25) is 0 Å². The molecule has 0 aliphatic heterocycles. The van der Waals surface area contributed by atoms with E-state index >= 15 is 0 Å². The summed E-state index contributed by atoms with van der Waals surface area (Å²) in [5, 5.41) is 11.4. The zero-order valence-corrected chi connectivity index (χ0v) is 11.9. The largest absolute Gasteiger partial charge is 0.494 e. The van der Waals surface area contributed by atoms with Gasteiger partial charge in [0.25, 0.3) is 0 Å². The second kappa shape index (κ2) is 5.50. The fourth-order valence-electron chi connectivity index (χ4n) is 2.94. The average molecular weight is 269 g/mol. The molecule has 1 aliphatic rings. The van der Waals surface area contributed by atoms with Gasteiger partial charge < -0.3 is 9.84 Å². The molecule has 18 heavy (non-hydrogen) atoms. The first-order valence-electron chi connectivity index (χ1n) is 6.72. The smallest absolute Gasteiger partial charge is 0.121 e. The van der Waals surface area contributed by atoms with Gasteiger partial charge in [-0.1, -0.05) is 30.9 Å². The Morgan fingerprint density at radius 2 is 1.94 bits per heavy atom. The fourth-order valence-corrected chi connectivity index (χ4v) is 3.37. The summed E-state index contributed by atoms with van der Waals surface area (Å²) in [5.74, 6) is 0.781. The van der Waals surface area contributed by atoms with Crippen molar-refractivity contribution in [2.24, 2.45) is 0 Å². The first kappa shape index (κ1) is 13.7. The highest BCUT2D eigenvalue weighted by Gasteiger charge is 2.34. The van der Waals surface area contributed by atoms with Crippen LogP contribution in [0.2, 0.25) is 5.02 Å². The average Bonchev–Trinajstić information content (AvgIpc) is 2.28. The Morgan fingerprint density at radius 3 is 2.50 bits per heavy atom. The van der Waals surface area contributed by atoms with Crippen LogP contribution in [-0.4, -0.2) is 11.7 Å². The number of ether oxygens (including phenoxy) is 1. The molecule has 0 radical (unpaired) electrons. The molecule has 3 heteroatoms. The highest BCUT2D eigenvalue weighted by Crippen LogP contribution is 2.42. The highest BCUT2D eigenvalue weighted by atomic mass is 35.5. The van der Waals surface area contributed by atoms with Gasteiger partial charge >= 0.3 is 0 Å². The Kier molecular flexibility index (Phi) is 4.18. The Bertz CT molecular complexity index is 399. The molecule has 0 saturated heterocycles. The van der Waals surface area contributed by atoms with Gasteiger partial charge in [-0.15, -0.1) is 0 Å². The molecule has 0 bridgehead atoms. The van der Waals surface area contributed by atoms with Crippen molar-refractivity contribution in [1.29, 1.82) is 0 Å². The van der Waals surface area contributed by atoms with Gasteiger partial charge in [0, 0.05) is 5.56 Å². The second-order valence-corrected chi connectivity index (χ2v) is 5.53. The van der Waals surface area contributed by atoms with Crippen LogP contribution in [0, 0.1) is 6.92 Å². The number of benzene rings is 1. The molecule has 2 rings (SSSR count). The minimum atomic E-state index is -0.746. The number of halogens is 1. The summed E-state index contributed by atoms with van der Waals surface area (Å²) in [5.41, 5.74) is 1.17. The molecular formula is C15H21ClO2. The van der Waals surface area contributed by atoms with E-state index in [1.807, 2.05) is 26.0 Å².